The van der Waals surface area contributed by atoms with Gasteiger partial charge in [-0.15, -0.1) is 0 Å². The highest BCUT2D eigenvalue weighted by atomic mass is 15.2. The number of rotatable bonds is 5. The van der Waals surface area contributed by atoms with E-state index in [9.17, 15) is 0 Å². The summed E-state index contributed by atoms with van der Waals surface area (Å²) in [6, 6.07) is 0.899. The van der Waals surface area contributed by atoms with Crippen molar-refractivity contribution in [3.8, 4) is 0 Å². The van der Waals surface area contributed by atoms with E-state index in [2.05, 4.69) is 31.0 Å². The maximum absolute atomic E-state index is 3.32. The number of nitrogens with one attached hydrogen (secondary N) is 1. The Kier molecular flexibility index (Phi) is 3.47. The Morgan fingerprint density at radius 2 is 2.07 bits per heavy atom. The molecule has 2 rings (SSSR count). The fraction of sp³-hybridized carbons (Fsp3) is 0.846. The van der Waals surface area contributed by atoms with Gasteiger partial charge >= 0.3 is 0 Å². The van der Waals surface area contributed by atoms with E-state index in [0.29, 0.717) is 0 Å². The third kappa shape index (κ3) is 3.05. The molecule has 86 valence electrons. The molecule has 2 fully saturated rings. The molecule has 0 radical (unpaired) electrons. The van der Waals surface area contributed by atoms with Gasteiger partial charge in [0.2, 0.25) is 0 Å². The maximum Gasteiger partial charge on any atom is 0.0196 e. The highest BCUT2D eigenvalue weighted by molar-refractivity contribution is 5.22. The number of nitrogens with zero attached hydrogens (tertiary/aromatic N) is 1. The zero-order valence-electron chi connectivity index (χ0n) is 10.3. The molecule has 2 heteroatoms. The average molecular weight is 208 g/mol. The summed E-state index contributed by atoms with van der Waals surface area (Å²) in [7, 11) is 0. The SMILES string of the molecule is CC(CN(CC(C)C)C1CC1)=C1CNC1. The highest BCUT2D eigenvalue weighted by Crippen LogP contribution is 2.28. The molecular weight excluding hydrogens is 184 g/mol. The third-order valence-electron chi connectivity index (χ3n) is 3.38. The molecule has 2 nitrogen and oxygen atoms in total. The fourth-order valence-electron chi connectivity index (χ4n) is 2.22. The first kappa shape index (κ1) is 11.2. The molecule has 0 unspecified atom stereocenters. The first-order chi connectivity index (χ1) is 7.16. The first-order valence-electron chi connectivity index (χ1n) is 6.29. The molecule has 1 aliphatic carbocycles. The minimum Gasteiger partial charge on any atom is -0.309 e. The van der Waals surface area contributed by atoms with Crippen LogP contribution < -0.4 is 5.32 Å². The lowest BCUT2D eigenvalue weighted by Gasteiger charge is -2.28. The highest BCUT2D eigenvalue weighted by Gasteiger charge is 2.29. The average Bonchev–Trinajstić information content (AvgIpc) is 2.79. The molecular formula is C13H24N2. The molecule has 0 spiro atoms. The van der Waals surface area contributed by atoms with E-state index in [-0.39, 0.29) is 0 Å². The normalized spacial score (nSPS) is 21.0. The van der Waals surface area contributed by atoms with Crippen LogP contribution in [0, 0.1) is 5.92 Å². The van der Waals surface area contributed by atoms with Crippen LogP contribution in [0.2, 0.25) is 0 Å². The van der Waals surface area contributed by atoms with E-state index in [1.165, 1.54) is 25.9 Å². The van der Waals surface area contributed by atoms with Crippen molar-refractivity contribution < 1.29 is 0 Å². The van der Waals surface area contributed by atoms with Gasteiger partial charge in [0.15, 0.2) is 0 Å². The first-order valence-corrected chi connectivity index (χ1v) is 6.29. The van der Waals surface area contributed by atoms with Crippen LogP contribution >= 0.6 is 0 Å². The molecule has 1 saturated carbocycles. The van der Waals surface area contributed by atoms with Gasteiger partial charge in [0.1, 0.15) is 0 Å². The fourth-order valence-corrected chi connectivity index (χ4v) is 2.22. The summed E-state index contributed by atoms with van der Waals surface area (Å²) < 4.78 is 0. The lowest BCUT2D eigenvalue weighted by Crippen LogP contribution is -2.38. The minimum absolute atomic E-state index is 0.794. The molecule has 0 amide bonds. The van der Waals surface area contributed by atoms with Crippen LogP contribution in [0.4, 0.5) is 0 Å². The van der Waals surface area contributed by atoms with E-state index in [1.54, 1.807) is 11.1 Å². The van der Waals surface area contributed by atoms with E-state index < -0.39 is 0 Å². The van der Waals surface area contributed by atoms with Crippen LogP contribution in [0.5, 0.6) is 0 Å². The molecule has 0 bridgehead atoms. The van der Waals surface area contributed by atoms with Crippen molar-refractivity contribution in [2.45, 2.75) is 39.7 Å². The largest absolute Gasteiger partial charge is 0.309 e. The van der Waals surface area contributed by atoms with Crippen molar-refractivity contribution in [1.29, 1.82) is 0 Å². The summed E-state index contributed by atoms with van der Waals surface area (Å²) in [5.74, 6) is 0.794. The minimum atomic E-state index is 0.794. The summed E-state index contributed by atoms with van der Waals surface area (Å²) in [4.78, 5) is 2.69. The summed E-state index contributed by atoms with van der Waals surface area (Å²) >= 11 is 0. The monoisotopic (exact) mass is 208 g/mol. The summed E-state index contributed by atoms with van der Waals surface area (Å²) in [6.45, 7) is 11.7. The van der Waals surface area contributed by atoms with Crippen molar-refractivity contribution in [3.05, 3.63) is 11.1 Å². The second kappa shape index (κ2) is 4.67. The standard InChI is InChI=1S/C13H24N2/c1-10(2)8-15(13-4-5-13)9-11(3)12-6-14-7-12/h10,13-14H,4-9H2,1-3H3. The Morgan fingerprint density at radius 3 is 2.47 bits per heavy atom. The van der Waals surface area contributed by atoms with Crippen molar-refractivity contribution in [2.75, 3.05) is 26.2 Å². The zero-order valence-corrected chi connectivity index (χ0v) is 10.3. The Bertz CT molecular complexity index is 245. The van der Waals surface area contributed by atoms with Gasteiger partial charge in [0.25, 0.3) is 0 Å². The predicted molar refractivity (Wildman–Crippen MR) is 65.0 cm³/mol. The van der Waals surface area contributed by atoms with Crippen molar-refractivity contribution in [2.24, 2.45) is 5.92 Å². The van der Waals surface area contributed by atoms with Crippen molar-refractivity contribution in [1.82, 2.24) is 10.2 Å². The second-order valence-corrected chi connectivity index (χ2v) is 5.54. The Balaban J connectivity index is 1.88. The molecule has 1 aliphatic heterocycles. The van der Waals surface area contributed by atoms with Gasteiger partial charge in [-0.1, -0.05) is 19.4 Å². The molecule has 1 heterocycles. The molecule has 1 saturated heterocycles. The van der Waals surface area contributed by atoms with Crippen LogP contribution in [0.1, 0.15) is 33.6 Å². The second-order valence-electron chi connectivity index (χ2n) is 5.54. The summed E-state index contributed by atoms with van der Waals surface area (Å²) in [5.41, 5.74) is 3.26. The zero-order chi connectivity index (χ0) is 10.8. The molecule has 15 heavy (non-hydrogen) atoms. The van der Waals surface area contributed by atoms with E-state index >= 15 is 0 Å². The van der Waals surface area contributed by atoms with Crippen molar-refractivity contribution >= 4 is 0 Å². The summed E-state index contributed by atoms with van der Waals surface area (Å²) in [5, 5.41) is 3.32. The van der Waals surface area contributed by atoms with E-state index in [1.807, 2.05) is 0 Å². The topological polar surface area (TPSA) is 15.3 Å². The van der Waals surface area contributed by atoms with Gasteiger partial charge in [-0.25, -0.2) is 0 Å². The Morgan fingerprint density at radius 1 is 1.40 bits per heavy atom. The Labute approximate surface area is 93.7 Å². The lowest BCUT2D eigenvalue weighted by atomic mass is 10.0. The van der Waals surface area contributed by atoms with Crippen molar-refractivity contribution in [3.63, 3.8) is 0 Å². The van der Waals surface area contributed by atoms with Gasteiger partial charge in [-0.05, 0) is 31.3 Å². The summed E-state index contributed by atoms with van der Waals surface area (Å²) in [6.07, 6.45) is 2.85. The van der Waals surface area contributed by atoms with Gasteiger partial charge in [-0.3, -0.25) is 4.90 Å². The molecule has 0 aromatic carbocycles. The van der Waals surface area contributed by atoms with Crippen LogP contribution in [-0.4, -0.2) is 37.1 Å². The Hall–Kier alpha value is -0.340. The van der Waals surface area contributed by atoms with Gasteiger partial charge in [0, 0.05) is 32.2 Å². The van der Waals surface area contributed by atoms with Crippen LogP contribution in [0.15, 0.2) is 11.1 Å². The van der Waals surface area contributed by atoms with Gasteiger partial charge < -0.3 is 5.32 Å². The van der Waals surface area contributed by atoms with Gasteiger partial charge in [0.05, 0.1) is 0 Å². The lowest BCUT2D eigenvalue weighted by molar-refractivity contribution is 0.252. The quantitative estimate of drug-likeness (QED) is 0.695. The molecule has 2 aliphatic rings. The molecule has 1 N–H and O–H groups in total. The van der Waals surface area contributed by atoms with Crippen LogP contribution in [0.3, 0.4) is 0 Å². The smallest absolute Gasteiger partial charge is 0.0196 e. The third-order valence-corrected chi connectivity index (χ3v) is 3.38. The molecule has 0 aromatic heterocycles. The molecule has 0 aromatic rings. The van der Waals surface area contributed by atoms with Crippen LogP contribution in [-0.2, 0) is 0 Å². The maximum atomic E-state index is 3.32. The van der Waals surface area contributed by atoms with Gasteiger partial charge in [-0.2, -0.15) is 0 Å². The predicted octanol–water partition coefficient (Wildman–Crippen LogP) is 2.03. The number of hydrogen-bond donors (Lipinski definition) is 1. The van der Waals surface area contributed by atoms with Crippen LogP contribution in [0.25, 0.3) is 0 Å². The van der Waals surface area contributed by atoms with E-state index in [4.69, 9.17) is 0 Å². The van der Waals surface area contributed by atoms with E-state index in [0.717, 1.165) is 25.0 Å². The molecule has 0 atom stereocenters. The number of hydrogen-bond acceptors (Lipinski definition) is 2.